The number of benzene rings is 1. The molecule has 21 heavy (non-hydrogen) atoms. The smallest absolute Gasteiger partial charge is 0.322 e. The van der Waals surface area contributed by atoms with Gasteiger partial charge in [-0.2, -0.15) is 4.72 Å². The fourth-order valence-corrected chi connectivity index (χ4v) is 2.71. The zero-order chi connectivity index (χ0) is 16.0. The zero-order valence-corrected chi connectivity index (χ0v) is 12.1. The first-order chi connectivity index (χ1) is 9.76. The molecule has 0 saturated heterocycles. The van der Waals surface area contributed by atoms with Crippen LogP contribution in [0.2, 0.25) is 0 Å². The number of ether oxygens (including phenoxy) is 1. The minimum absolute atomic E-state index is 0.137. The van der Waals surface area contributed by atoms with Crippen molar-refractivity contribution in [3.05, 3.63) is 24.3 Å². The molecular weight excluding hydrogens is 300 g/mol. The first-order valence-corrected chi connectivity index (χ1v) is 7.51. The molecule has 0 aliphatic rings. The van der Waals surface area contributed by atoms with E-state index in [0.717, 1.165) is 0 Å². The van der Waals surface area contributed by atoms with Crippen molar-refractivity contribution in [2.45, 2.75) is 24.3 Å². The Kier molecular flexibility index (Phi) is 5.68. The van der Waals surface area contributed by atoms with Gasteiger partial charge in [-0.15, -0.1) is 0 Å². The van der Waals surface area contributed by atoms with Crippen LogP contribution >= 0.6 is 0 Å². The molecule has 0 radical (unpaired) electrons. The van der Waals surface area contributed by atoms with E-state index < -0.39 is 34.4 Å². The molecule has 0 aliphatic heterocycles. The minimum Gasteiger partial charge on any atom is -0.494 e. The Labute approximate surface area is 122 Å². The summed E-state index contributed by atoms with van der Waals surface area (Å²) >= 11 is 0. The summed E-state index contributed by atoms with van der Waals surface area (Å²) in [6.45, 7) is 2.22. The van der Waals surface area contributed by atoms with Crippen LogP contribution in [0.15, 0.2) is 29.2 Å². The number of amides is 1. The van der Waals surface area contributed by atoms with E-state index in [1.165, 1.54) is 24.3 Å². The van der Waals surface area contributed by atoms with E-state index in [4.69, 9.17) is 15.6 Å². The molecule has 0 aromatic heterocycles. The van der Waals surface area contributed by atoms with E-state index in [2.05, 4.69) is 0 Å². The number of carbonyl (C=O) groups excluding carboxylic acids is 1. The van der Waals surface area contributed by atoms with Crippen LogP contribution in [-0.4, -0.2) is 38.0 Å². The number of carboxylic acid groups (broad SMARTS) is 1. The molecule has 1 aromatic rings. The highest BCUT2D eigenvalue weighted by Crippen LogP contribution is 2.16. The quantitative estimate of drug-likeness (QED) is 0.602. The number of carboxylic acids is 1. The Balaban J connectivity index is 2.93. The largest absolute Gasteiger partial charge is 0.494 e. The lowest BCUT2D eigenvalue weighted by atomic mass is 10.2. The second-order valence-electron chi connectivity index (χ2n) is 4.09. The van der Waals surface area contributed by atoms with Crippen molar-refractivity contribution in [2.75, 3.05) is 6.61 Å². The zero-order valence-electron chi connectivity index (χ0n) is 11.3. The van der Waals surface area contributed by atoms with Gasteiger partial charge in [0.1, 0.15) is 11.8 Å². The van der Waals surface area contributed by atoms with Crippen LogP contribution in [-0.2, 0) is 19.6 Å². The number of primary amides is 1. The van der Waals surface area contributed by atoms with Crippen LogP contribution in [0.3, 0.4) is 0 Å². The monoisotopic (exact) mass is 316 g/mol. The van der Waals surface area contributed by atoms with Gasteiger partial charge in [0.2, 0.25) is 15.9 Å². The molecule has 1 aromatic carbocycles. The number of carbonyl (C=O) groups is 2. The number of rotatable bonds is 8. The fraction of sp³-hybridized carbons (Fsp3) is 0.333. The third-order valence-corrected chi connectivity index (χ3v) is 3.93. The molecule has 0 saturated carbocycles. The number of hydrogen-bond donors (Lipinski definition) is 3. The second kappa shape index (κ2) is 7.04. The van der Waals surface area contributed by atoms with Crippen molar-refractivity contribution in [1.29, 1.82) is 0 Å². The van der Waals surface area contributed by atoms with Gasteiger partial charge >= 0.3 is 5.97 Å². The first-order valence-electron chi connectivity index (χ1n) is 6.02. The number of nitrogens with one attached hydrogen (secondary N) is 1. The third-order valence-electron chi connectivity index (χ3n) is 2.45. The van der Waals surface area contributed by atoms with E-state index in [0.29, 0.717) is 12.4 Å². The number of nitrogens with two attached hydrogens (primary N) is 1. The molecule has 8 nitrogen and oxygen atoms in total. The molecule has 116 valence electrons. The van der Waals surface area contributed by atoms with Gasteiger partial charge in [-0.1, -0.05) is 0 Å². The Hall–Kier alpha value is -2.13. The summed E-state index contributed by atoms with van der Waals surface area (Å²) in [5.74, 6) is -1.91. The summed E-state index contributed by atoms with van der Waals surface area (Å²) in [4.78, 5) is 21.6. The summed E-state index contributed by atoms with van der Waals surface area (Å²) in [6.07, 6.45) is -0.633. The predicted molar refractivity (Wildman–Crippen MR) is 73.2 cm³/mol. The number of hydrogen-bond acceptors (Lipinski definition) is 5. The molecule has 0 heterocycles. The van der Waals surface area contributed by atoms with Gasteiger partial charge in [0, 0.05) is 0 Å². The molecule has 0 aliphatic carbocycles. The van der Waals surface area contributed by atoms with Gasteiger partial charge in [-0.25, -0.2) is 8.42 Å². The molecule has 4 N–H and O–H groups in total. The van der Waals surface area contributed by atoms with Crippen molar-refractivity contribution in [3.8, 4) is 5.75 Å². The van der Waals surface area contributed by atoms with E-state index >= 15 is 0 Å². The van der Waals surface area contributed by atoms with Crippen LogP contribution in [0.5, 0.6) is 5.75 Å². The Morgan fingerprint density at radius 3 is 2.33 bits per heavy atom. The summed E-state index contributed by atoms with van der Waals surface area (Å²) in [6, 6.07) is 3.83. The van der Waals surface area contributed by atoms with Crippen molar-refractivity contribution in [3.63, 3.8) is 0 Å². The molecule has 0 bridgehead atoms. The lowest BCUT2D eigenvalue weighted by Crippen LogP contribution is -2.43. The van der Waals surface area contributed by atoms with Crippen LogP contribution < -0.4 is 15.2 Å². The van der Waals surface area contributed by atoms with Crippen molar-refractivity contribution >= 4 is 21.9 Å². The Bertz CT molecular complexity index is 611. The molecule has 0 fully saturated rings. The average molecular weight is 316 g/mol. The van der Waals surface area contributed by atoms with Crippen LogP contribution in [0.4, 0.5) is 0 Å². The summed E-state index contributed by atoms with van der Waals surface area (Å²) in [7, 11) is -4.08. The molecule has 1 atom stereocenters. The predicted octanol–water partition coefficient (Wildman–Crippen LogP) is -0.308. The van der Waals surface area contributed by atoms with Crippen molar-refractivity contribution in [2.24, 2.45) is 5.73 Å². The normalized spacial score (nSPS) is 12.6. The van der Waals surface area contributed by atoms with Gasteiger partial charge in [0.05, 0.1) is 17.9 Å². The van der Waals surface area contributed by atoms with Gasteiger partial charge in [-0.3, -0.25) is 9.59 Å². The topological polar surface area (TPSA) is 136 Å². The number of aliphatic carboxylic acids is 1. The fourth-order valence-electron chi connectivity index (χ4n) is 1.52. The highest BCUT2D eigenvalue weighted by Gasteiger charge is 2.26. The molecule has 0 spiro atoms. The lowest BCUT2D eigenvalue weighted by Gasteiger charge is -2.13. The highest BCUT2D eigenvalue weighted by atomic mass is 32.2. The van der Waals surface area contributed by atoms with Gasteiger partial charge in [-0.05, 0) is 31.2 Å². The first kappa shape index (κ1) is 16.9. The van der Waals surface area contributed by atoms with Crippen molar-refractivity contribution < 1.29 is 27.9 Å². The molecule has 1 rings (SSSR count). The summed E-state index contributed by atoms with van der Waals surface area (Å²) in [5.41, 5.74) is 4.89. The summed E-state index contributed by atoms with van der Waals surface area (Å²) < 4.78 is 31.2. The van der Waals surface area contributed by atoms with E-state index in [9.17, 15) is 18.0 Å². The second-order valence-corrected chi connectivity index (χ2v) is 5.80. The molecule has 0 unspecified atom stereocenters. The van der Waals surface area contributed by atoms with Crippen LogP contribution in [0.25, 0.3) is 0 Å². The SMILES string of the molecule is CCOc1ccc(S(=O)(=O)N[C@@H](CC(N)=O)C(=O)O)cc1. The average Bonchev–Trinajstić information content (AvgIpc) is 2.38. The van der Waals surface area contributed by atoms with Crippen LogP contribution in [0, 0.1) is 0 Å². The van der Waals surface area contributed by atoms with Crippen molar-refractivity contribution in [1.82, 2.24) is 4.72 Å². The Morgan fingerprint density at radius 2 is 1.90 bits per heavy atom. The highest BCUT2D eigenvalue weighted by molar-refractivity contribution is 7.89. The third kappa shape index (κ3) is 5.04. The Morgan fingerprint density at radius 1 is 1.33 bits per heavy atom. The van der Waals surface area contributed by atoms with Gasteiger partial charge in [0.25, 0.3) is 0 Å². The van der Waals surface area contributed by atoms with E-state index in [1.807, 2.05) is 4.72 Å². The van der Waals surface area contributed by atoms with Crippen LogP contribution in [0.1, 0.15) is 13.3 Å². The van der Waals surface area contributed by atoms with E-state index in [1.54, 1.807) is 6.92 Å². The standard InChI is InChI=1S/C12H16N2O6S/c1-2-20-8-3-5-9(6-4-8)21(18,19)14-10(12(16)17)7-11(13)15/h3-6,10,14H,2,7H2,1H3,(H2,13,15)(H,16,17)/t10-/m0/s1. The number of sulfonamides is 1. The minimum atomic E-state index is -4.08. The van der Waals surface area contributed by atoms with E-state index in [-0.39, 0.29) is 4.90 Å². The molecule has 9 heteroatoms. The maximum atomic E-state index is 12.0. The molecule has 1 amide bonds. The lowest BCUT2D eigenvalue weighted by molar-refractivity contribution is -0.140. The maximum absolute atomic E-state index is 12.0. The molecular formula is C12H16N2O6S. The van der Waals surface area contributed by atoms with Gasteiger partial charge in [0.15, 0.2) is 0 Å². The van der Waals surface area contributed by atoms with Gasteiger partial charge < -0.3 is 15.6 Å². The summed E-state index contributed by atoms with van der Waals surface area (Å²) in [5, 5.41) is 8.89. The maximum Gasteiger partial charge on any atom is 0.322 e.